The van der Waals surface area contributed by atoms with Crippen LogP contribution in [0.1, 0.15) is 33.1 Å². The number of rotatable bonds is 5. The fourth-order valence-corrected chi connectivity index (χ4v) is 3.38. The topological polar surface area (TPSA) is 40.5 Å². The number of nitrogens with zero attached hydrogens (tertiary/aromatic N) is 1. The quantitative estimate of drug-likeness (QED) is 0.786. The number of carboxylic acids is 1. The molecule has 0 amide bonds. The number of thioether (sulfide) groups is 1. The minimum Gasteiger partial charge on any atom is -0.480 e. The summed E-state index contributed by atoms with van der Waals surface area (Å²) in [5.74, 6) is 1.69. The summed E-state index contributed by atoms with van der Waals surface area (Å²) >= 11 is 1.98. The van der Waals surface area contributed by atoms with Gasteiger partial charge < -0.3 is 5.11 Å². The molecule has 15 heavy (non-hydrogen) atoms. The second-order valence-electron chi connectivity index (χ2n) is 3.94. The highest BCUT2D eigenvalue weighted by Gasteiger charge is 2.29. The predicted molar refractivity (Wildman–Crippen MR) is 64.4 cm³/mol. The van der Waals surface area contributed by atoms with E-state index in [2.05, 4.69) is 11.8 Å². The second kappa shape index (κ2) is 6.38. The van der Waals surface area contributed by atoms with E-state index in [1.807, 2.05) is 18.7 Å². The van der Waals surface area contributed by atoms with Crippen molar-refractivity contribution >= 4 is 17.7 Å². The van der Waals surface area contributed by atoms with E-state index in [4.69, 9.17) is 5.11 Å². The van der Waals surface area contributed by atoms with Crippen molar-refractivity contribution in [2.45, 2.75) is 45.2 Å². The summed E-state index contributed by atoms with van der Waals surface area (Å²) < 4.78 is 0. The van der Waals surface area contributed by atoms with Gasteiger partial charge in [-0.25, -0.2) is 0 Å². The van der Waals surface area contributed by atoms with E-state index < -0.39 is 5.97 Å². The molecule has 1 rings (SSSR count). The Morgan fingerprint density at radius 2 is 2.07 bits per heavy atom. The molecule has 0 saturated carbocycles. The monoisotopic (exact) mass is 231 g/mol. The Balaban J connectivity index is 2.62. The van der Waals surface area contributed by atoms with Crippen LogP contribution in [0.4, 0.5) is 0 Å². The number of aliphatic carboxylic acids is 1. The van der Waals surface area contributed by atoms with E-state index in [0.717, 1.165) is 19.4 Å². The Morgan fingerprint density at radius 3 is 2.47 bits per heavy atom. The average Bonchev–Trinajstić information content (AvgIpc) is 2.26. The van der Waals surface area contributed by atoms with Gasteiger partial charge in [-0.05, 0) is 37.3 Å². The second-order valence-corrected chi connectivity index (χ2v) is 5.16. The lowest BCUT2D eigenvalue weighted by Gasteiger charge is -2.36. The van der Waals surface area contributed by atoms with Crippen LogP contribution >= 0.6 is 11.8 Å². The Morgan fingerprint density at radius 1 is 1.47 bits per heavy atom. The van der Waals surface area contributed by atoms with Crippen LogP contribution in [0.15, 0.2) is 0 Å². The molecule has 3 nitrogen and oxygen atoms in total. The summed E-state index contributed by atoms with van der Waals surface area (Å²) in [4.78, 5) is 13.3. The van der Waals surface area contributed by atoms with Gasteiger partial charge in [0.15, 0.2) is 0 Å². The van der Waals surface area contributed by atoms with E-state index >= 15 is 0 Å². The maximum Gasteiger partial charge on any atom is 0.320 e. The number of carbonyl (C=O) groups is 1. The molecule has 1 aliphatic rings. The summed E-state index contributed by atoms with van der Waals surface area (Å²) in [7, 11) is 0. The van der Waals surface area contributed by atoms with Crippen molar-refractivity contribution in [3.63, 3.8) is 0 Å². The smallest absolute Gasteiger partial charge is 0.320 e. The first kappa shape index (κ1) is 12.8. The van der Waals surface area contributed by atoms with Crippen molar-refractivity contribution in [3.05, 3.63) is 0 Å². The van der Waals surface area contributed by atoms with E-state index in [1.165, 1.54) is 11.5 Å². The molecule has 1 saturated heterocycles. The lowest BCUT2D eigenvalue weighted by molar-refractivity contribution is -0.144. The normalized spacial score (nSPS) is 20.5. The van der Waals surface area contributed by atoms with Gasteiger partial charge in [0.05, 0.1) is 0 Å². The molecule has 4 heteroatoms. The molecular formula is C11H21NO2S. The number of carboxylic acid groups (broad SMARTS) is 1. The van der Waals surface area contributed by atoms with Crippen LogP contribution in [-0.2, 0) is 4.79 Å². The molecule has 88 valence electrons. The zero-order valence-electron chi connectivity index (χ0n) is 9.61. The van der Waals surface area contributed by atoms with Crippen LogP contribution in [0, 0.1) is 0 Å². The molecule has 0 aromatic rings. The van der Waals surface area contributed by atoms with Crippen molar-refractivity contribution in [1.82, 2.24) is 4.90 Å². The average molecular weight is 231 g/mol. The maximum atomic E-state index is 11.1. The standard InChI is InChI=1S/C11H21NO2S/c1-3-10(11(13)14)12(4-2)9-5-7-15-8-6-9/h9-10H,3-8H2,1-2H3,(H,13,14). The van der Waals surface area contributed by atoms with Gasteiger partial charge in [0.1, 0.15) is 6.04 Å². The first-order chi connectivity index (χ1) is 7.20. The number of hydrogen-bond donors (Lipinski definition) is 1. The van der Waals surface area contributed by atoms with Gasteiger partial charge in [-0.3, -0.25) is 9.69 Å². The molecule has 0 radical (unpaired) electrons. The van der Waals surface area contributed by atoms with E-state index in [9.17, 15) is 4.79 Å². The lowest BCUT2D eigenvalue weighted by Crippen LogP contribution is -2.48. The zero-order chi connectivity index (χ0) is 11.3. The SMILES string of the molecule is CCC(C(=O)O)N(CC)C1CCSCC1. The van der Waals surface area contributed by atoms with Crippen LogP contribution < -0.4 is 0 Å². The largest absolute Gasteiger partial charge is 0.480 e. The highest BCUT2D eigenvalue weighted by atomic mass is 32.2. The number of hydrogen-bond acceptors (Lipinski definition) is 3. The zero-order valence-corrected chi connectivity index (χ0v) is 10.4. The first-order valence-electron chi connectivity index (χ1n) is 5.77. The van der Waals surface area contributed by atoms with E-state index in [0.29, 0.717) is 12.5 Å². The van der Waals surface area contributed by atoms with Gasteiger partial charge in [0.2, 0.25) is 0 Å². The maximum absolute atomic E-state index is 11.1. The van der Waals surface area contributed by atoms with Crippen LogP contribution in [0.5, 0.6) is 0 Å². The van der Waals surface area contributed by atoms with Crippen LogP contribution in [0.25, 0.3) is 0 Å². The van der Waals surface area contributed by atoms with Crippen molar-refractivity contribution in [1.29, 1.82) is 0 Å². The highest BCUT2D eigenvalue weighted by Crippen LogP contribution is 2.24. The fourth-order valence-electron chi connectivity index (χ4n) is 2.30. The van der Waals surface area contributed by atoms with E-state index in [1.54, 1.807) is 0 Å². The summed E-state index contributed by atoms with van der Waals surface area (Å²) in [6, 6.07) is 0.195. The molecule has 0 aromatic carbocycles. The molecular weight excluding hydrogens is 210 g/mol. The van der Waals surface area contributed by atoms with Crippen LogP contribution in [0.2, 0.25) is 0 Å². The molecule has 1 atom stereocenters. The third-order valence-electron chi connectivity index (χ3n) is 3.10. The van der Waals surface area contributed by atoms with Gasteiger partial charge in [-0.1, -0.05) is 13.8 Å². The Bertz CT molecular complexity index is 205. The Kier molecular flexibility index (Phi) is 5.47. The summed E-state index contributed by atoms with van der Waals surface area (Å²) in [5.41, 5.74) is 0. The van der Waals surface area contributed by atoms with Gasteiger partial charge in [-0.2, -0.15) is 11.8 Å². The van der Waals surface area contributed by atoms with E-state index in [-0.39, 0.29) is 6.04 Å². The Labute approximate surface area is 96.2 Å². The van der Waals surface area contributed by atoms with Crippen molar-refractivity contribution in [3.8, 4) is 0 Å². The molecule has 1 heterocycles. The number of likely N-dealkylation sites (N-methyl/N-ethyl adjacent to an activating group) is 1. The van der Waals surface area contributed by atoms with Crippen molar-refractivity contribution in [2.24, 2.45) is 0 Å². The minimum atomic E-state index is -0.669. The lowest BCUT2D eigenvalue weighted by atomic mass is 10.1. The third-order valence-corrected chi connectivity index (χ3v) is 4.15. The molecule has 0 aliphatic carbocycles. The van der Waals surface area contributed by atoms with Gasteiger partial charge in [-0.15, -0.1) is 0 Å². The van der Waals surface area contributed by atoms with Crippen LogP contribution in [-0.4, -0.2) is 46.1 Å². The summed E-state index contributed by atoms with van der Waals surface area (Å²) in [6.07, 6.45) is 2.98. The predicted octanol–water partition coefficient (Wildman–Crippen LogP) is 2.07. The molecule has 0 bridgehead atoms. The molecule has 0 spiro atoms. The van der Waals surface area contributed by atoms with Gasteiger partial charge in [0, 0.05) is 6.04 Å². The summed E-state index contributed by atoms with van der Waals surface area (Å²) in [6.45, 7) is 4.87. The molecule has 1 unspecified atom stereocenters. The highest BCUT2D eigenvalue weighted by molar-refractivity contribution is 7.99. The minimum absolute atomic E-state index is 0.289. The molecule has 1 N–H and O–H groups in total. The van der Waals surface area contributed by atoms with Crippen molar-refractivity contribution < 1.29 is 9.90 Å². The molecule has 1 fully saturated rings. The van der Waals surface area contributed by atoms with Gasteiger partial charge >= 0.3 is 5.97 Å². The fraction of sp³-hybridized carbons (Fsp3) is 0.909. The molecule has 0 aromatic heterocycles. The van der Waals surface area contributed by atoms with Crippen LogP contribution in [0.3, 0.4) is 0 Å². The summed E-state index contributed by atoms with van der Waals surface area (Å²) in [5, 5.41) is 9.16. The first-order valence-corrected chi connectivity index (χ1v) is 6.92. The molecule has 1 aliphatic heterocycles. The van der Waals surface area contributed by atoms with Crippen molar-refractivity contribution in [2.75, 3.05) is 18.1 Å². The van der Waals surface area contributed by atoms with Gasteiger partial charge in [0.25, 0.3) is 0 Å². The third kappa shape index (κ3) is 3.38. The Hall–Kier alpha value is -0.220.